The number of rotatable bonds is 17. The van der Waals surface area contributed by atoms with Crippen LogP contribution in [-0.4, -0.2) is 89.9 Å². The summed E-state index contributed by atoms with van der Waals surface area (Å²) in [4.78, 5) is 31.4. The average Bonchev–Trinajstić information content (AvgIpc) is 3.40. The first-order valence-electron chi connectivity index (χ1n) is 14.7. The lowest BCUT2D eigenvalue weighted by Gasteiger charge is -2.27. The van der Waals surface area contributed by atoms with Crippen molar-refractivity contribution in [2.24, 2.45) is 0 Å². The van der Waals surface area contributed by atoms with Crippen LogP contribution < -0.4 is 10.2 Å². The van der Waals surface area contributed by atoms with Crippen molar-refractivity contribution in [3.8, 4) is 5.75 Å². The molecule has 9 nitrogen and oxygen atoms in total. The van der Waals surface area contributed by atoms with Gasteiger partial charge in [0.15, 0.2) is 0 Å². The van der Waals surface area contributed by atoms with Gasteiger partial charge in [0, 0.05) is 38.3 Å². The Kier molecular flexibility index (Phi) is 11.9. The van der Waals surface area contributed by atoms with Gasteiger partial charge in [-0.2, -0.15) is 0 Å². The Balaban J connectivity index is 1.25. The predicted octanol–water partition coefficient (Wildman–Crippen LogP) is 3.89. The van der Waals surface area contributed by atoms with E-state index in [0.717, 1.165) is 37.4 Å². The number of hydrogen-bond acceptors (Lipinski definition) is 8. The van der Waals surface area contributed by atoms with E-state index in [1.165, 1.54) is 22.4 Å². The number of carbonyl (C=O) groups excluding carboxylic acids is 1. The van der Waals surface area contributed by atoms with Gasteiger partial charge >= 0.3 is 4.87 Å². The SMILES string of the molecule is CCN(CC)CCN(CCNC[C@H](O)c1ccc(O)c2[nH]c(=O)sc12)C(=O)CCOCCc1cccc2ccccc12. The number of likely N-dealkylation sites (N-methyl/N-ethyl adjacent to an activating group) is 1. The van der Waals surface area contributed by atoms with Crippen LogP contribution >= 0.6 is 11.3 Å². The van der Waals surface area contributed by atoms with Crippen molar-refractivity contribution in [1.29, 1.82) is 0 Å². The van der Waals surface area contributed by atoms with Crippen molar-refractivity contribution >= 4 is 38.2 Å². The summed E-state index contributed by atoms with van der Waals surface area (Å²) in [7, 11) is 0. The number of phenols is 1. The number of aromatic hydroxyl groups is 1. The number of benzene rings is 3. The fourth-order valence-electron chi connectivity index (χ4n) is 5.14. The summed E-state index contributed by atoms with van der Waals surface area (Å²) in [6.07, 6.45) is 0.240. The lowest BCUT2D eigenvalue weighted by molar-refractivity contribution is -0.132. The number of fused-ring (bicyclic) bond motifs is 2. The number of ether oxygens (including phenoxy) is 1. The Morgan fingerprint density at radius 1 is 1.02 bits per heavy atom. The van der Waals surface area contributed by atoms with E-state index < -0.39 is 6.10 Å². The van der Waals surface area contributed by atoms with Crippen molar-refractivity contribution < 1.29 is 19.7 Å². The van der Waals surface area contributed by atoms with E-state index in [1.54, 1.807) is 6.07 Å². The number of aliphatic hydroxyl groups excluding tert-OH is 1. The number of aromatic nitrogens is 1. The molecule has 4 rings (SSSR count). The van der Waals surface area contributed by atoms with Gasteiger partial charge in [0.05, 0.1) is 30.4 Å². The highest BCUT2D eigenvalue weighted by Gasteiger charge is 2.18. The summed E-state index contributed by atoms with van der Waals surface area (Å²) in [6, 6.07) is 17.7. The summed E-state index contributed by atoms with van der Waals surface area (Å²) in [6.45, 7) is 9.68. The molecule has 1 heterocycles. The second-order valence-corrected chi connectivity index (χ2v) is 11.3. The van der Waals surface area contributed by atoms with E-state index in [0.29, 0.717) is 55.0 Å². The van der Waals surface area contributed by atoms with E-state index in [9.17, 15) is 19.8 Å². The Bertz CT molecular complexity index is 1490. The normalized spacial score (nSPS) is 12.4. The highest BCUT2D eigenvalue weighted by atomic mass is 32.1. The molecule has 0 unspecified atom stereocenters. The van der Waals surface area contributed by atoms with Gasteiger partial charge in [-0.15, -0.1) is 0 Å². The number of nitrogens with one attached hydrogen (secondary N) is 2. The molecular weight excluding hydrogens is 552 g/mol. The first-order chi connectivity index (χ1) is 20.4. The van der Waals surface area contributed by atoms with Crippen molar-refractivity contribution in [2.75, 3.05) is 59.0 Å². The molecule has 42 heavy (non-hydrogen) atoms. The third kappa shape index (κ3) is 8.39. The van der Waals surface area contributed by atoms with Gasteiger partial charge in [0.25, 0.3) is 0 Å². The second-order valence-electron chi connectivity index (χ2n) is 10.3. The fraction of sp³-hybridized carbons (Fsp3) is 0.438. The number of carbonyl (C=O) groups is 1. The molecule has 0 saturated carbocycles. The summed E-state index contributed by atoms with van der Waals surface area (Å²) in [5.41, 5.74) is 2.16. The van der Waals surface area contributed by atoms with Crippen molar-refractivity contribution in [3.63, 3.8) is 0 Å². The van der Waals surface area contributed by atoms with Crippen LogP contribution in [0.3, 0.4) is 0 Å². The fourth-order valence-corrected chi connectivity index (χ4v) is 6.06. The first-order valence-corrected chi connectivity index (χ1v) is 15.5. The monoisotopic (exact) mass is 594 g/mol. The van der Waals surface area contributed by atoms with Crippen LogP contribution in [0.25, 0.3) is 21.0 Å². The van der Waals surface area contributed by atoms with E-state index in [1.807, 2.05) is 17.0 Å². The Morgan fingerprint density at radius 3 is 2.62 bits per heavy atom. The molecule has 0 aliphatic carbocycles. The molecule has 4 aromatic rings. The molecule has 0 spiro atoms. The van der Waals surface area contributed by atoms with E-state index in [-0.39, 0.29) is 23.1 Å². The topological polar surface area (TPSA) is 118 Å². The maximum atomic E-state index is 13.2. The lowest BCUT2D eigenvalue weighted by atomic mass is 10.0. The van der Waals surface area contributed by atoms with Crippen LogP contribution in [0.15, 0.2) is 59.4 Å². The minimum Gasteiger partial charge on any atom is -0.506 e. The third-order valence-corrected chi connectivity index (χ3v) is 8.56. The molecule has 3 aromatic carbocycles. The minimum absolute atomic E-state index is 0.0212. The van der Waals surface area contributed by atoms with E-state index in [2.05, 4.69) is 59.4 Å². The maximum Gasteiger partial charge on any atom is 0.305 e. The molecule has 1 atom stereocenters. The molecule has 0 fully saturated rings. The molecule has 0 aliphatic heterocycles. The maximum absolute atomic E-state index is 13.2. The third-order valence-electron chi connectivity index (χ3n) is 7.63. The van der Waals surface area contributed by atoms with Gasteiger partial charge in [-0.3, -0.25) is 9.59 Å². The van der Waals surface area contributed by atoms with Gasteiger partial charge in [0.2, 0.25) is 5.91 Å². The number of aromatic amines is 1. The summed E-state index contributed by atoms with van der Waals surface area (Å²) in [5, 5.41) is 26.5. The van der Waals surface area contributed by atoms with Crippen LogP contribution in [0.4, 0.5) is 0 Å². The summed E-state index contributed by atoms with van der Waals surface area (Å²) in [5.74, 6) is 0.0270. The van der Waals surface area contributed by atoms with Crippen LogP contribution in [-0.2, 0) is 16.0 Å². The molecule has 0 saturated heterocycles. The minimum atomic E-state index is -0.866. The van der Waals surface area contributed by atoms with E-state index >= 15 is 0 Å². The molecule has 10 heteroatoms. The molecule has 0 radical (unpaired) electrons. The first kappa shape index (κ1) is 31.7. The van der Waals surface area contributed by atoms with Crippen LogP contribution in [0.5, 0.6) is 5.75 Å². The zero-order chi connectivity index (χ0) is 29.9. The molecule has 4 N–H and O–H groups in total. The zero-order valence-corrected chi connectivity index (χ0v) is 25.3. The number of amides is 1. The van der Waals surface area contributed by atoms with Crippen molar-refractivity contribution in [1.82, 2.24) is 20.1 Å². The van der Waals surface area contributed by atoms with Crippen LogP contribution in [0, 0.1) is 0 Å². The molecule has 0 bridgehead atoms. The number of hydrogen-bond donors (Lipinski definition) is 4. The standard InChI is InChI=1S/C32H42N4O5S/c1-3-35(4-2)18-19-36(17-16-33-22-28(38)26-12-13-27(37)30-31(26)42-32(40)34-30)29(39)15-21-41-20-14-24-10-7-9-23-8-5-6-11-25(23)24/h5-13,28,33,37-38H,3-4,14-22H2,1-2H3,(H,34,40)/t28-/m0/s1. The molecular formula is C32H42N4O5S. The Labute approximate surface area is 250 Å². The predicted molar refractivity (Wildman–Crippen MR) is 169 cm³/mol. The quantitative estimate of drug-likeness (QED) is 0.137. The van der Waals surface area contributed by atoms with Gasteiger partial charge in [-0.25, -0.2) is 0 Å². The zero-order valence-electron chi connectivity index (χ0n) is 24.5. The average molecular weight is 595 g/mol. The number of thiazole rings is 1. The summed E-state index contributed by atoms with van der Waals surface area (Å²) >= 11 is 0.964. The number of aliphatic hydroxyl groups is 1. The van der Waals surface area contributed by atoms with Gasteiger partial charge in [-0.1, -0.05) is 73.7 Å². The highest BCUT2D eigenvalue weighted by Crippen LogP contribution is 2.31. The number of phenolic OH excluding ortho intramolecular Hbond substituents is 1. The van der Waals surface area contributed by atoms with E-state index in [4.69, 9.17) is 4.74 Å². The number of nitrogens with zero attached hydrogens (tertiary/aromatic N) is 2. The van der Waals surface area contributed by atoms with Gasteiger partial charge in [-0.05, 0) is 41.9 Å². The lowest BCUT2D eigenvalue weighted by Crippen LogP contribution is -2.42. The van der Waals surface area contributed by atoms with Crippen molar-refractivity contribution in [2.45, 2.75) is 32.8 Å². The molecule has 0 aliphatic rings. The number of H-pyrrole nitrogens is 1. The van der Waals surface area contributed by atoms with Gasteiger partial charge in [0.1, 0.15) is 11.3 Å². The Hall–Kier alpha value is -3.28. The second kappa shape index (κ2) is 15.8. The smallest absolute Gasteiger partial charge is 0.305 e. The Morgan fingerprint density at radius 2 is 1.81 bits per heavy atom. The van der Waals surface area contributed by atoms with Crippen LogP contribution in [0.2, 0.25) is 0 Å². The van der Waals surface area contributed by atoms with Crippen molar-refractivity contribution in [3.05, 3.63) is 75.4 Å². The highest BCUT2D eigenvalue weighted by molar-refractivity contribution is 7.16. The van der Waals surface area contributed by atoms with Crippen LogP contribution in [0.1, 0.15) is 37.5 Å². The molecule has 1 aromatic heterocycles. The summed E-state index contributed by atoms with van der Waals surface area (Å²) < 4.78 is 6.43. The largest absolute Gasteiger partial charge is 0.506 e. The molecule has 226 valence electrons. The molecule has 1 amide bonds. The van der Waals surface area contributed by atoms with Gasteiger partial charge < -0.3 is 35.1 Å².